The highest BCUT2D eigenvalue weighted by Gasteiger charge is 2.13. The van der Waals surface area contributed by atoms with E-state index in [0.29, 0.717) is 11.5 Å². The van der Waals surface area contributed by atoms with Gasteiger partial charge in [-0.1, -0.05) is 24.3 Å². The molecule has 0 saturated carbocycles. The van der Waals surface area contributed by atoms with Crippen molar-refractivity contribution < 1.29 is 0 Å². The zero-order valence-electron chi connectivity index (χ0n) is 12.0. The van der Waals surface area contributed by atoms with Crippen molar-refractivity contribution in [1.82, 2.24) is 24.6 Å². The minimum atomic E-state index is 0.0500. The van der Waals surface area contributed by atoms with E-state index in [1.54, 1.807) is 12.5 Å². The van der Waals surface area contributed by atoms with Gasteiger partial charge in [0, 0.05) is 29.5 Å². The Morgan fingerprint density at radius 2 is 2.00 bits per heavy atom. The summed E-state index contributed by atoms with van der Waals surface area (Å²) in [6.45, 7) is 2.09. The predicted molar refractivity (Wildman–Crippen MR) is 84.6 cm³/mol. The summed E-state index contributed by atoms with van der Waals surface area (Å²) in [6, 6.07) is 10.3. The van der Waals surface area contributed by atoms with Gasteiger partial charge in [0.15, 0.2) is 5.82 Å². The molecule has 22 heavy (non-hydrogen) atoms. The van der Waals surface area contributed by atoms with Crippen molar-refractivity contribution >= 4 is 22.4 Å². The van der Waals surface area contributed by atoms with Crippen molar-refractivity contribution in [2.75, 3.05) is 5.32 Å². The van der Waals surface area contributed by atoms with Gasteiger partial charge in [-0.05, 0) is 13.0 Å². The van der Waals surface area contributed by atoms with Gasteiger partial charge in [0.05, 0.1) is 11.6 Å². The minimum Gasteiger partial charge on any atom is -0.360 e. The van der Waals surface area contributed by atoms with E-state index < -0.39 is 0 Å². The number of pyridine rings is 1. The van der Waals surface area contributed by atoms with Crippen LogP contribution in [0.3, 0.4) is 0 Å². The van der Waals surface area contributed by atoms with E-state index in [2.05, 4.69) is 50.6 Å². The molecule has 0 aliphatic carbocycles. The summed E-state index contributed by atoms with van der Waals surface area (Å²) in [4.78, 5) is 8.87. The Labute approximate surface area is 126 Å². The second-order valence-electron chi connectivity index (χ2n) is 5.13. The van der Waals surface area contributed by atoms with Crippen LogP contribution in [0.5, 0.6) is 0 Å². The average molecular weight is 290 g/mol. The zero-order chi connectivity index (χ0) is 14.9. The Morgan fingerprint density at radius 1 is 1.09 bits per heavy atom. The molecule has 1 unspecified atom stereocenters. The largest absolute Gasteiger partial charge is 0.360 e. The van der Waals surface area contributed by atoms with Crippen LogP contribution < -0.4 is 5.32 Å². The van der Waals surface area contributed by atoms with Crippen LogP contribution in [0.25, 0.3) is 16.6 Å². The van der Waals surface area contributed by atoms with Crippen molar-refractivity contribution in [3.8, 4) is 0 Å². The van der Waals surface area contributed by atoms with Gasteiger partial charge >= 0.3 is 0 Å². The second kappa shape index (κ2) is 5.07. The van der Waals surface area contributed by atoms with Crippen LogP contribution in [0.4, 0.5) is 5.82 Å². The van der Waals surface area contributed by atoms with E-state index in [1.807, 2.05) is 28.9 Å². The minimum absolute atomic E-state index is 0.0500. The first-order chi connectivity index (χ1) is 10.8. The number of para-hydroxylation sites is 1. The van der Waals surface area contributed by atoms with E-state index in [-0.39, 0.29) is 6.04 Å². The number of anilines is 1. The Hall–Kier alpha value is -3.02. The number of fused-ring (bicyclic) bond motifs is 2. The molecular formula is C16H14N6. The third kappa shape index (κ3) is 2.05. The summed E-state index contributed by atoms with van der Waals surface area (Å²) in [6.07, 6.45) is 7.03. The van der Waals surface area contributed by atoms with Gasteiger partial charge in [-0.25, -0.2) is 4.98 Å². The Morgan fingerprint density at radius 3 is 2.95 bits per heavy atom. The summed E-state index contributed by atoms with van der Waals surface area (Å²) < 4.78 is 1.84. The summed E-state index contributed by atoms with van der Waals surface area (Å²) in [7, 11) is 0. The molecule has 0 fully saturated rings. The highest BCUT2D eigenvalue weighted by molar-refractivity contribution is 5.82. The molecule has 0 bridgehead atoms. The fraction of sp³-hybridized carbons (Fsp3) is 0.125. The normalized spacial score (nSPS) is 12.6. The SMILES string of the molecule is CC(Nc1nccn2cnnc12)c1cccc2cccnc12. The molecule has 0 aliphatic heterocycles. The molecule has 0 radical (unpaired) electrons. The molecule has 3 heterocycles. The number of benzene rings is 1. The standard InChI is InChI=1S/C16H14N6/c1-11(13-6-2-4-12-5-3-7-17-14(12)13)20-15-16-21-19-10-22(16)9-8-18-15/h2-11H,1H3,(H,18,20). The van der Waals surface area contributed by atoms with Gasteiger partial charge in [-0.15, -0.1) is 10.2 Å². The molecule has 0 amide bonds. The molecule has 4 rings (SSSR count). The number of rotatable bonds is 3. The molecule has 4 aromatic rings. The lowest BCUT2D eigenvalue weighted by Gasteiger charge is -2.16. The second-order valence-corrected chi connectivity index (χ2v) is 5.13. The van der Waals surface area contributed by atoms with Gasteiger partial charge in [-0.2, -0.15) is 0 Å². The molecule has 108 valence electrons. The zero-order valence-corrected chi connectivity index (χ0v) is 12.0. The lowest BCUT2D eigenvalue weighted by molar-refractivity contribution is 0.878. The Kier molecular flexibility index (Phi) is 2.93. The molecule has 6 heteroatoms. The van der Waals surface area contributed by atoms with Crippen molar-refractivity contribution in [2.24, 2.45) is 0 Å². The van der Waals surface area contributed by atoms with Gasteiger partial charge in [-0.3, -0.25) is 9.38 Å². The number of nitrogens with one attached hydrogen (secondary N) is 1. The van der Waals surface area contributed by atoms with Gasteiger partial charge in [0.1, 0.15) is 6.33 Å². The highest BCUT2D eigenvalue weighted by Crippen LogP contribution is 2.25. The van der Waals surface area contributed by atoms with Crippen LogP contribution in [-0.2, 0) is 0 Å². The maximum Gasteiger partial charge on any atom is 0.203 e. The smallest absolute Gasteiger partial charge is 0.203 e. The molecule has 0 saturated heterocycles. The number of aromatic nitrogens is 5. The Balaban J connectivity index is 1.75. The van der Waals surface area contributed by atoms with Gasteiger partial charge in [0.25, 0.3) is 0 Å². The fourth-order valence-corrected chi connectivity index (χ4v) is 2.62. The summed E-state index contributed by atoms with van der Waals surface area (Å²) in [5.74, 6) is 0.709. The van der Waals surface area contributed by atoms with E-state index in [9.17, 15) is 0 Å². The van der Waals surface area contributed by atoms with Crippen molar-refractivity contribution in [3.63, 3.8) is 0 Å². The molecule has 0 spiro atoms. The quantitative estimate of drug-likeness (QED) is 0.628. The van der Waals surface area contributed by atoms with Crippen LogP contribution >= 0.6 is 0 Å². The van der Waals surface area contributed by atoms with Crippen LogP contribution in [0.2, 0.25) is 0 Å². The van der Waals surface area contributed by atoms with Gasteiger partial charge in [0.2, 0.25) is 5.65 Å². The molecule has 1 atom stereocenters. The summed E-state index contributed by atoms with van der Waals surface area (Å²) >= 11 is 0. The third-order valence-corrected chi connectivity index (χ3v) is 3.70. The maximum absolute atomic E-state index is 4.50. The lowest BCUT2D eigenvalue weighted by Crippen LogP contribution is -2.10. The third-order valence-electron chi connectivity index (χ3n) is 3.70. The topological polar surface area (TPSA) is 68.0 Å². The molecule has 0 aliphatic rings. The Bertz CT molecular complexity index is 940. The number of hydrogen-bond acceptors (Lipinski definition) is 5. The van der Waals surface area contributed by atoms with E-state index in [4.69, 9.17) is 0 Å². The number of hydrogen-bond donors (Lipinski definition) is 1. The van der Waals surface area contributed by atoms with Crippen LogP contribution in [-0.4, -0.2) is 24.6 Å². The maximum atomic E-state index is 4.50. The van der Waals surface area contributed by atoms with Crippen molar-refractivity contribution in [2.45, 2.75) is 13.0 Å². The van der Waals surface area contributed by atoms with Crippen molar-refractivity contribution in [3.05, 3.63) is 60.8 Å². The van der Waals surface area contributed by atoms with E-state index >= 15 is 0 Å². The monoisotopic (exact) mass is 290 g/mol. The van der Waals surface area contributed by atoms with Crippen LogP contribution in [0, 0.1) is 0 Å². The first kappa shape index (κ1) is 12.7. The first-order valence-electron chi connectivity index (χ1n) is 7.07. The molecule has 6 nitrogen and oxygen atoms in total. The van der Waals surface area contributed by atoms with Crippen LogP contribution in [0.15, 0.2) is 55.2 Å². The summed E-state index contributed by atoms with van der Waals surface area (Å²) in [5, 5.41) is 12.5. The van der Waals surface area contributed by atoms with E-state index in [1.165, 1.54) is 0 Å². The predicted octanol–water partition coefficient (Wildman–Crippen LogP) is 2.85. The highest BCUT2D eigenvalue weighted by atomic mass is 15.2. The summed E-state index contributed by atoms with van der Waals surface area (Å²) in [5.41, 5.74) is 2.84. The van der Waals surface area contributed by atoms with Crippen LogP contribution in [0.1, 0.15) is 18.5 Å². The fourth-order valence-electron chi connectivity index (χ4n) is 2.62. The lowest BCUT2D eigenvalue weighted by atomic mass is 10.0. The average Bonchev–Trinajstić information content (AvgIpc) is 3.04. The van der Waals surface area contributed by atoms with Gasteiger partial charge < -0.3 is 5.32 Å². The van der Waals surface area contributed by atoms with Crippen molar-refractivity contribution in [1.29, 1.82) is 0 Å². The molecule has 3 aromatic heterocycles. The number of nitrogens with zero attached hydrogens (tertiary/aromatic N) is 5. The van der Waals surface area contributed by atoms with E-state index in [0.717, 1.165) is 16.5 Å². The first-order valence-corrected chi connectivity index (χ1v) is 7.07. The molecule has 1 aromatic carbocycles. The molecule has 1 N–H and O–H groups in total. The molecular weight excluding hydrogens is 276 g/mol.